The van der Waals surface area contributed by atoms with E-state index >= 15 is 0 Å². The van der Waals surface area contributed by atoms with E-state index in [0.717, 1.165) is 18.3 Å². The van der Waals surface area contributed by atoms with E-state index in [2.05, 4.69) is 5.10 Å². The molecule has 1 aromatic heterocycles. The monoisotopic (exact) mass is 339 g/mol. The topological polar surface area (TPSA) is 64.0 Å². The number of hydrogen-bond acceptors (Lipinski definition) is 3. The number of benzene rings is 1. The first-order valence-corrected chi connectivity index (χ1v) is 7.34. The SMILES string of the molecule is Cn1cc(S(=O)(=O)Nc2ccc(Cl)cc2C(F)(F)F)cn1. The maximum atomic E-state index is 12.9. The van der Waals surface area contributed by atoms with Gasteiger partial charge in [0.15, 0.2) is 0 Å². The molecule has 10 heteroatoms. The summed E-state index contributed by atoms with van der Waals surface area (Å²) in [6, 6.07) is 2.78. The van der Waals surface area contributed by atoms with Gasteiger partial charge in [-0.2, -0.15) is 18.3 Å². The number of sulfonamides is 1. The first-order valence-electron chi connectivity index (χ1n) is 5.48. The van der Waals surface area contributed by atoms with E-state index in [0.29, 0.717) is 6.07 Å². The number of nitrogens with one attached hydrogen (secondary N) is 1. The Labute approximate surface area is 123 Å². The summed E-state index contributed by atoms with van der Waals surface area (Å²) in [6.07, 6.45) is -2.53. The molecule has 2 aromatic rings. The van der Waals surface area contributed by atoms with Crippen LogP contribution in [0.5, 0.6) is 0 Å². The number of aryl methyl sites for hydroxylation is 1. The van der Waals surface area contributed by atoms with Crippen molar-refractivity contribution in [3.63, 3.8) is 0 Å². The van der Waals surface area contributed by atoms with Crippen molar-refractivity contribution in [2.45, 2.75) is 11.1 Å². The number of aromatic nitrogens is 2. The number of anilines is 1. The van der Waals surface area contributed by atoms with Crippen LogP contribution in [0.25, 0.3) is 0 Å². The Bertz CT molecular complexity index is 771. The quantitative estimate of drug-likeness (QED) is 0.935. The Morgan fingerprint density at radius 3 is 2.52 bits per heavy atom. The zero-order valence-electron chi connectivity index (χ0n) is 10.5. The maximum absolute atomic E-state index is 12.9. The van der Waals surface area contributed by atoms with E-state index in [1.807, 2.05) is 4.72 Å². The molecule has 114 valence electrons. The van der Waals surface area contributed by atoms with Crippen molar-refractivity contribution in [2.24, 2.45) is 7.05 Å². The van der Waals surface area contributed by atoms with Gasteiger partial charge >= 0.3 is 6.18 Å². The van der Waals surface area contributed by atoms with Gasteiger partial charge in [0, 0.05) is 18.3 Å². The highest BCUT2D eigenvalue weighted by Gasteiger charge is 2.35. The van der Waals surface area contributed by atoms with E-state index in [4.69, 9.17) is 11.6 Å². The van der Waals surface area contributed by atoms with Crippen molar-refractivity contribution in [3.05, 3.63) is 41.2 Å². The van der Waals surface area contributed by atoms with Gasteiger partial charge in [-0.15, -0.1) is 0 Å². The Balaban J connectivity index is 2.45. The van der Waals surface area contributed by atoms with E-state index in [1.54, 1.807) is 0 Å². The molecule has 0 saturated heterocycles. The second-order valence-corrected chi connectivity index (χ2v) is 6.26. The molecule has 0 saturated carbocycles. The van der Waals surface area contributed by atoms with E-state index in [9.17, 15) is 21.6 Å². The van der Waals surface area contributed by atoms with Crippen molar-refractivity contribution < 1.29 is 21.6 Å². The van der Waals surface area contributed by atoms with Gasteiger partial charge < -0.3 is 0 Å². The minimum absolute atomic E-state index is 0.147. The average Bonchev–Trinajstić information content (AvgIpc) is 2.77. The normalized spacial score (nSPS) is 12.4. The summed E-state index contributed by atoms with van der Waals surface area (Å²) in [6.45, 7) is 0. The summed E-state index contributed by atoms with van der Waals surface area (Å²) in [4.78, 5) is -0.243. The molecular weight excluding hydrogens is 331 g/mol. The fraction of sp³-hybridized carbons (Fsp3) is 0.182. The Kier molecular flexibility index (Phi) is 3.89. The molecule has 0 spiro atoms. The molecule has 0 aliphatic rings. The zero-order valence-corrected chi connectivity index (χ0v) is 12.1. The lowest BCUT2D eigenvalue weighted by atomic mass is 10.2. The summed E-state index contributed by atoms with van der Waals surface area (Å²) in [7, 11) is -2.68. The predicted molar refractivity (Wildman–Crippen MR) is 70.5 cm³/mol. The van der Waals surface area contributed by atoms with Crippen molar-refractivity contribution >= 4 is 27.3 Å². The molecular formula is C11H9ClF3N3O2S. The summed E-state index contributed by atoms with van der Waals surface area (Å²) in [5, 5.41) is 3.52. The smallest absolute Gasteiger partial charge is 0.279 e. The number of rotatable bonds is 3. The van der Waals surface area contributed by atoms with Crippen molar-refractivity contribution in [2.75, 3.05) is 4.72 Å². The summed E-state index contributed by atoms with van der Waals surface area (Å²) in [5.74, 6) is 0. The number of nitrogens with zero attached hydrogens (tertiary/aromatic N) is 2. The number of alkyl halides is 3. The molecule has 0 fully saturated rings. The lowest BCUT2D eigenvalue weighted by Gasteiger charge is -2.14. The molecule has 0 bridgehead atoms. The standard InChI is InChI=1S/C11H9ClF3N3O2S/c1-18-6-8(5-16-18)21(19,20)17-10-3-2-7(12)4-9(10)11(13,14)15/h2-6,17H,1H3. The fourth-order valence-corrected chi connectivity index (χ4v) is 2.82. The summed E-state index contributed by atoms with van der Waals surface area (Å²) < 4.78 is 65.8. The lowest BCUT2D eigenvalue weighted by Crippen LogP contribution is -2.17. The minimum atomic E-state index is -4.74. The van der Waals surface area contributed by atoms with Crippen LogP contribution in [-0.4, -0.2) is 18.2 Å². The average molecular weight is 340 g/mol. The molecule has 21 heavy (non-hydrogen) atoms. The first-order chi connectivity index (χ1) is 9.59. The van der Waals surface area contributed by atoms with Crippen LogP contribution in [0.15, 0.2) is 35.5 Å². The highest BCUT2D eigenvalue weighted by molar-refractivity contribution is 7.92. The molecule has 1 heterocycles. The lowest BCUT2D eigenvalue weighted by molar-refractivity contribution is -0.136. The van der Waals surface area contributed by atoms with Gasteiger partial charge in [0.25, 0.3) is 10.0 Å². The maximum Gasteiger partial charge on any atom is 0.418 e. The van der Waals surface area contributed by atoms with E-state index in [1.165, 1.54) is 17.9 Å². The highest BCUT2D eigenvalue weighted by Crippen LogP contribution is 2.37. The van der Waals surface area contributed by atoms with Crippen LogP contribution >= 0.6 is 11.6 Å². The summed E-state index contributed by atoms with van der Waals surface area (Å²) in [5.41, 5.74) is -1.77. The van der Waals surface area contributed by atoms with Gasteiger partial charge in [0.1, 0.15) is 4.90 Å². The fourth-order valence-electron chi connectivity index (χ4n) is 1.58. The van der Waals surface area contributed by atoms with Crippen LogP contribution in [-0.2, 0) is 23.2 Å². The molecule has 0 atom stereocenters. The molecule has 0 aliphatic carbocycles. The second-order valence-electron chi connectivity index (χ2n) is 4.14. The second kappa shape index (κ2) is 5.23. The van der Waals surface area contributed by atoms with Gasteiger partial charge in [0.2, 0.25) is 0 Å². The van der Waals surface area contributed by atoms with Crippen LogP contribution in [0.3, 0.4) is 0 Å². The Morgan fingerprint density at radius 2 is 2.00 bits per heavy atom. The van der Waals surface area contributed by atoms with Gasteiger partial charge in [-0.05, 0) is 18.2 Å². The van der Waals surface area contributed by atoms with Crippen LogP contribution in [0.1, 0.15) is 5.56 Å². The van der Waals surface area contributed by atoms with E-state index < -0.39 is 27.5 Å². The van der Waals surface area contributed by atoms with Gasteiger partial charge in [0.05, 0.1) is 17.4 Å². The predicted octanol–water partition coefficient (Wildman–Crippen LogP) is 2.89. The number of halogens is 4. The van der Waals surface area contributed by atoms with Crippen LogP contribution in [0, 0.1) is 0 Å². The Morgan fingerprint density at radius 1 is 1.33 bits per heavy atom. The third-order valence-electron chi connectivity index (χ3n) is 2.52. The van der Waals surface area contributed by atoms with E-state index in [-0.39, 0.29) is 9.92 Å². The summed E-state index contributed by atoms with van der Waals surface area (Å²) >= 11 is 5.52. The molecule has 0 unspecified atom stereocenters. The molecule has 1 aromatic carbocycles. The minimum Gasteiger partial charge on any atom is -0.279 e. The van der Waals surface area contributed by atoms with Crippen LogP contribution in [0.4, 0.5) is 18.9 Å². The highest BCUT2D eigenvalue weighted by atomic mass is 35.5. The molecule has 0 radical (unpaired) electrons. The first kappa shape index (κ1) is 15.6. The molecule has 5 nitrogen and oxygen atoms in total. The molecule has 0 aliphatic heterocycles. The molecule has 0 amide bonds. The van der Waals surface area contributed by atoms with Crippen molar-refractivity contribution in [1.29, 1.82) is 0 Å². The molecule has 1 N–H and O–H groups in total. The van der Waals surface area contributed by atoms with Crippen LogP contribution in [0.2, 0.25) is 5.02 Å². The van der Waals surface area contributed by atoms with Crippen molar-refractivity contribution in [1.82, 2.24) is 9.78 Å². The largest absolute Gasteiger partial charge is 0.418 e. The van der Waals surface area contributed by atoms with Crippen molar-refractivity contribution in [3.8, 4) is 0 Å². The number of hydrogen-bond donors (Lipinski definition) is 1. The zero-order chi connectivity index (χ0) is 15.8. The third-order valence-corrected chi connectivity index (χ3v) is 4.08. The Hall–Kier alpha value is -1.74. The van der Waals surface area contributed by atoms with Gasteiger partial charge in [-0.25, -0.2) is 8.42 Å². The van der Waals surface area contributed by atoms with Crippen LogP contribution < -0.4 is 4.72 Å². The molecule has 2 rings (SSSR count). The van der Waals surface area contributed by atoms with Gasteiger partial charge in [-0.1, -0.05) is 11.6 Å². The van der Waals surface area contributed by atoms with Gasteiger partial charge in [-0.3, -0.25) is 9.40 Å². The third kappa shape index (κ3) is 3.48.